The van der Waals surface area contributed by atoms with Gasteiger partial charge in [-0.25, -0.2) is 4.98 Å². The molecule has 7 nitrogen and oxygen atoms in total. The van der Waals surface area contributed by atoms with Crippen molar-refractivity contribution in [2.75, 3.05) is 18.4 Å². The van der Waals surface area contributed by atoms with Crippen molar-refractivity contribution in [2.45, 2.75) is 32.7 Å². The Kier molecular flexibility index (Phi) is 5.40. The molecule has 2 fully saturated rings. The number of rotatable bonds is 5. The third kappa shape index (κ3) is 4.34. The molecule has 1 aliphatic carbocycles. The Bertz CT molecular complexity index is 1400. The van der Waals surface area contributed by atoms with Gasteiger partial charge in [0.25, 0.3) is 5.91 Å². The molecule has 1 spiro atoms. The summed E-state index contributed by atoms with van der Waals surface area (Å²) in [4.78, 5) is 32.6. The molecule has 1 N–H and O–H groups in total. The molecular formula is C27H27N5O2S. The van der Waals surface area contributed by atoms with E-state index in [1.165, 1.54) is 0 Å². The molecule has 2 aromatic heterocycles. The Labute approximate surface area is 207 Å². The number of benzene rings is 2. The van der Waals surface area contributed by atoms with Gasteiger partial charge in [-0.15, -0.1) is 11.3 Å². The molecule has 1 saturated heterocycles. The number of nitrogens with zero attached hydrogens (tertiary/aromatic N) is 4. The van der Waals surface area contributed by atoms with Gasteiger partial charge in [0.15, 0.2) is 0 Å². The second-order valence-electron chi connectivity index (χ2n) is 9.72. The van der Waals surface area contributed by atoms with Gasteiger partial charge in [-0.3, -0.25) is 14.3 Å². The van der Waals surface area contributed by atoms with Crippen molar-refractivity contribution < 1.29 is 9.59 Å². The minimum Gasteiger partial charge on any atom is -0.339 e. The third-order valence-corrected chi connectivity index (χ3v) is 8.34. The van der Waals surface area contributed by atoms with Gasteiger partial charge in [0.05, 0.1) is 21.8 Å². The number of thiazole rings is 1. The molecule has 8 heteroatoms. The Morgan fingerprint density at radius 1 is 1.14 bits per heavy atom. The minimum atomic E-state index is 0.0185. The van der Waals surface area contributed by atoms with E-state index in [4.69, 9.17) is 0 Å². The summed E-state index contributed by atoms with van der Waals surface area (Å²) < 4.78 is 2.98. The molecule has 1 saturated carbocycles. The number of aromatic nitrogens is 3. The number of amides is 2. The second kappa shape index (κ2) is 8.61. The Hall–Kier alpha value is -3.52. The fourth-order valence-electron chi connectivity index (χ4n) is 5.34. The number of carbonyl (C=O) groups is 2. The third-order valence-electron chi connectivity index (χ3n) is 7.39. The smallest absolute Gasteiger partial charge is 0.253 e. The standard InChI is InChI=1S/C27H27N5O2S/c1-18-29-23-15-21(6-7-24(23)35-18)30-25(33)22-16-27(22)8-12-31(13-9-27)26(34)20-5-2-4-19(14-20)17-32-11-3-10-28-32/h2-7,10-11,14-15,22H,8-9,12-13,16-17H2,1H3,(H,30,33)/t22-/m0/s1. The van der Waals surface area contributed by atoms with Gasteiger partial charge in [0, 0.05) is 42.7 Å². The Morgan fingerprint density at radius 2 is 2.00 bits per heavy atom. The van der Waals surface area contributed by atoms with Crippen molar-refractivity contribution in [3.63, 3.8) is 0 Å². The van der Waals surface area contributed by atoms with Crippen LogP contribution < -0.4 is 5.32 Å². The van der Waals surface area contributed by atoms with Crippen molar-refractivity contribution in [3.8, 4) is 0 Å². The number of anilines is 1. The summed E-state index contributed by atoms with van der Waals surface area (Å²) in [5.74, 6) is 0.170. The van der Waals surface area contributed by atoms with Crippen molar-refractivity contribution >= 4 is 39.1 Å². The molecule has 3 heterocycles. The number of hydrogen-bond acceptors (Lipinski definition) is 5. The number of aryl methyl sites for hydroxylation is 1. The highest BCUT2D eigenvalue weighted by molar-refractivity contribution is 7.18. The van der Waals surface area contributed by atoms with Crippen LogP contribution in [0.15, 0.2) is 60.9 Å². The number of likely N-dealkylation sites (tertiary alicyclic amines) is 1. The summed E-state index contributed by atoms with van der Waals surface area (Å²) in [6.07, 6.45) is 6.31. The lowest BCUT2D eigenvalue weighted by atomic mass is 9.90. The normalized spacial score (nSPS) is 18.7. The average Bonchev–Trinajstić information content (AvgIpc) is 3.16. The fraction of sp³-hybridized carbons (Fsp3) is 0.333. The van der Waals surface area contributed by atoms with E-state index in [-0.39, 0.29) is 23.1 Å². The van der Waals surface area contributed by atoms with Gasteiger partial charge < -0.3 is 10.2 Å². The number of hydrogen-bond donors (Lipinski definition) is 1. The Balaban J connectivity index is 1.06. The maximum Gasteiger partial charge on any atom is 0.253 e. The molecule has 2 amide bonds. The van der Waals surface area contributed by atoms with Crippen LogP contribution in [0.1, 0.15) is 40.2 Å². The van der Waals surface area contributed by atoms with E-state index >= 15 is 0 Å². The molecule has 0 bridgehead atoms. The van der Waals surface area contributed by atoms with Crippen LogP contribution in [0.3, 0.4) is 0 Å². The highest BCUT2D eigenvalue weighted by Gasteiger charge is 2.58. The SMILES string of the molecule is Cc1nc2cc(NC(=O)[C@@H]3CC34CCN(C(=O)c3cccc(Cn5cccn5)c3)CC4)ccc2s1. The van der Waals surface area contributed by atoms with E-state index in [1.54, 1.807) is 17.5 Å². The second-order valence-corrected chi connectivity index (χ2v) is 11.0. The van der Waals surface area contributed by atoms with Crippen LogP contribution in [0.5, 0.6) is 0 Å². The summed E-state index contributed by atoms with van der Waals surface area (Å²) >= 11 is 1.66. The summed E-state index contributed by atoms with van der Waals surface area (Å²) in [7, 11) is 0. The van der Waals surface area contributed by atoms with Crippen molar-refractivity contribution in [1.29, 1.82) is 0 Å². The molecular weight excluding hydrogens is 458 g/mol. The number of piperidine rings is 1. The molecule has 2 aliphatic rings. The molecule has 6 rings (SSSR count). The first-order valence-corrected chi connectivity index (χ1v) is 12.8. The molecule has 0 radical (unpaired) electrons. The van der Waals surface area contributed by atoms with Gasteiger partial charge in [-0.1, -0.05) is 12.1 Å². The summed E-state index contributed by atoms with van der Waals surface area (Å²) in [6.45, 7) is 4.02. The lowest BCUT2D eigenvalue weighted by molar-refractivity contribution is -0.118. The quantitative estimate of drug-likeness (QED) is 0.443. The van der Waals surface area contributed by atoms with Crippen molar-refractivity contribution in [2.24, 2.45) is 11.3 Å². The maximum absolute atomic E-state index is 13.2. The first-order chi connectivity index (χ1) is 17.0. The summed E-state index contributed by atoms with van der Waals surface area (Å²) in [6, 6.07) is 15.6. The summed E-state index contributed by atoms with van der Waals surface area (Å²) in [5, 5.41) is 8.37. The molecule has 2 aromatic carbocycles. The molecule has 1 atom stereocenters. The van der Waals surface area contributed by atoms with Crippen LogP contribution in [0, 0.1) is 18.3 Å². The first-order valence-electron chi connectivity index (χ1n) is 12.0. The topological polar surface area (TPSA) is 80.1 Å². The lowest BCUT2D eigenvalue weighted by Gasteiger charge is -2.33. The number of fused-ring (bicyclic) bond motifs is 1. The van der Waals surface area contributed by atoms with Crippen LogP contribution in [-0.2, 0) is 11.3 Å². The highest BCUT2D eigenvalue weighted by Crippen LogP contribution is 2.59. The van der Waals surface area contributed by atoms with Gasteiger partial charge >= 0.3 is 0 Å². The predicted molar refractivity (Wildman–Crippen MR) is 136 cm³/mol. The van der Waals surface area contributed by atoms with E-state index in [0.29, 0.717) is 25.2 Å². The van der Waals surface area contributed by atoms with E-state index in [9.17, 15) is 9.59 Å². The van der Waals surface area contributed by atoms with Crippen LogP contribution in [0.25, 0.3) is 10.2 Å². The van der Waals surface area contributed by atoms with Gasteiger partial charge in [0.1, 0.15) is 0 Å². The predicted octanol–water partition coefficient (Wildman–Crippen LogP) is 4.73. The number of carbonyl (C=O) groups excluding carboxylic acids is 2. The Morgan fingerprint density at radius 3 is 2.80 bits per heavy atom. The first kappa shape index (κ1) is 22.0. The van der Waals surface area contributed by atoms with E-state index in [1.807, 2.05) is 71.2 Å². The van der Waals surface area contributed by atoms with E-state index in [2.05, 4.69) is 15.4 Å². The molecule has 4 aromatic rings. The zero-order chi connectivity index (χ0) is 24.0. The lowest BCUT2D eigenvalue weighted by Crippen LogP contribution is -2.40. The molecule has 0 unspecified atom stereocenters. The van der Waals surface area contributed by atoms with Crippen LogP contribution in [0.4, 0.5) is 5.69 Å². The van der Waals surface area contributed by atoms with Crippen LogP contribution in [0.2, 0.25) is 0 Å². The van der Waals surface area contributed by atoms with Gasteiger partial charge in [-0.2, -0.15) is 5.10 Å². The van der Waals surface area contributed by atoms with Crippen LogP contribution >= 0.6 is 11.3 Å². The average molecular weight is 486 g/mol. The van der Waals surface area contributed by atoms with Crippen molar-refractivity contribution in [3.05, 3.63) is 77.1 Å². The molecule has 178 valence electrons. The highest BCUT2D eigenvalue weighted by atomic mass is 32.1. The minimum absolute atomic E-state index is 0.0185. The van der Waals surface area contributed by atoms with Gasteiger partial charge in [-0.05, 0) is 73.6 Å². The monoisotopic (exact) mass is 485 g/mol. The zero-order valence-corrected chi connectivity index (χ0v) is 20.4. The van der Waals surface area contributed by atoms with Crippen molar-refractivity contribution in [1.82, 2.24) is 19.7 Å². The van der Waals surface area contributed by atoms with E-state index in [0.717, 1.165) is 45.7 Å². The molecule has 1 aliphatic heterocycles. The maximum atomic E-state index is 13.2. The molecule has 35 heavy (non-hydrogen) atoms. The summed E-state index contributed by atoms with van der Waals surface area (Å²) in [5.41, 5.74) is 3.53. The van der Waals surface area contributed by atoms with Gasteiger partial charge in [0.2, 0.25) is 5.91 Å². The largest absolute Gasteiger partial charge is 0.339 e. The van der Waals surface area contributed by atoms with Crippen LogP contribution in [-0.4, -0.2) is 44.6 Å². The number of nitrogens with one attached hydrogen (secondary N) is 1. The fourth-order valence-corrected chi connectivity index (χ4v) is 6.15. The van der Waals surface area contributed by atoms with E-state index < -0.39 is 0 Å². The zero-order valence-electron chi connectivity index (χ0n) is 19.6.